The second kappa shape index (κ2) is 8.69. The van der Waals surface area contributed by atoms with Crippen molar-refractivity contribution in [2.45, 2.75) is 45.6 Å². The quantitative estimate of drug-likeness (QED) is 0.521. The first kappa shape index (κ1) is 16.6. The molecule has 0 spiro atoms. The van der Waals surface area contributed by atoms with Crippen LogP contribution < -0.4 is 5.09 Å². The number of rotatable bonds is 9. The Morgan fingerprint density at radius 3 is 2.63 bits per heavy atom. The summed E-state index contributed by atoms with van der Waals surface area (Å²) >= 11 is 0. The van der Waals surface area contributed by atoms with Gasteiger partial charge in [-0.2, -0.15) is 0 Å². The molecule has 0 aromatic carbocycles. The fraction of sp³-hybridized carbons (Fsp3) is 0.917. The molecule has 1 N–H and O–H groups in total. The number of likely N-dealkylation sites (tertiary alicyclic amines) is 1. The molecule has 7 heteroatoms. The van der Waals surface area contributed by atoms with Gasteiger partial charge in [0.2, 0.25) is 6.41 Å². The van der Waals surface area contributed by atoms with Crippen LogP contribution in [0.2, 0.25) is 0 Å². The molecule has 0 aromatic rings. The third kappa shape index (κ3) is 6.52. The minimum Gasteiger partial charge on any atom is -0.303 e. The molecule has 0 aliphatic carbocycles. The van der Waals surface area contributed by atoms with Crippen LogP contribution in [0.4, 0.5) is 0 Å². The second-order valence-corrected chi connectivity index (χ2v) is 6.49. The summed E-state index contributed by atoms with van der Waals surface area (Å²) < 4.78 is 22.5. The van der Waals surface area contributed by atoms with Gasteiger partial charge in [0.05, 0.1) is 12.7 Å². The number of carbonyl (C=O) groups is 1. The summed E-state index contributed by atoms with van der Waals surface area (Å²) in [6.07, 6.45) is 4.72. The highest BCUT2D eigenvalue weighted by Crippen LogP contribution is 2.44. The molecule has 1 saturated heterocycles. The number of nitrogens with zero attached hydrogens (tertiary/aromatic N) is 1. The van der Waals surface area contributed by atoms with Crippen molar-refractivity contribution in [1.82, 2.24) is 9.99 Å². The molecular weight excluding hydrogens is 267 g/mol. The third-order valence-electron chi connectivity index (χ3n) is 3.13. The van der Waals surface area contributed by atoms with Gasteiger partial charge in [-0.25, -0.2) is 4.57 Å². The van der Waals surface area contributed by atoms with Gasteiger partial charge in [-0.3, -0.25) is 18.9 Å². The Kier molecular flexibility index (Phi) is 7.61. The van der Waals surface area contributed by atoms with Gasteiger partial charge < -0.3 is 4.90 Å². The van der Waals surface area contributed by atoms with Crippen LogP contribution in [0.1, 0.15) is 39.5 Å². The van der Waals surface area contributed by atoms with Gasteiger partial charge in [-0.15, -0.1) is 0 Å². The lowest BCUT2D eigenvalue weighted by Gasteiger charge is -2.28. The molecule has 1 aliphatic rings. The zero-order valence-electron chi connectivity index (χ0n) is 11.8. The average molecular weight is 292 g/mol. The van der Waals surface area contributed by atoms with E-state index in [0.29, 0.717) is 6.41 Å². The van der Waals surface area contributed by atoms with Gasteiger partial charge in [0.15, 0.2) is 0 Å². The lowest BCUT2D eigenvalue weighted by Crippen LogP contribution is -2.32. The van der Waals surface area contributed by atoms with Crippen LogP contribution in [0.3, 0.4) is 0 Å². The molecule has 2 atom stereocenters. The van der Waals surface area contributed by atoms with Crippen molar-refractivity contribution in [2.24, 2.45) is 0 Å². The van der Waals surface area contributed by atoms with Crippen LogP contribution in [0, 0.1) is 0 Å². The second-order valence-electron chi connectivity index (χ2n) is 4.77. The smallest absolute Gasteiger partial charge is 0.303 e. The summed E-state index contributed by atoms with van der Waals surface area (Å²) in [5.74, 6) is 0. The Labute approximate surface area is 115 Å². The summed E-state index contributed by atoms with van der Waals surface area (Å²) in [5, 5.41) is 2.15. The fourth-order valence-electron chi connectivity index (χ4n) is 2.17. The monoisotopic (exact) mass is 292 g/mol. The van der Waals surface area contributed by atoms with Crippen molar-refractivity contribution >= 4 is 14.2 Å². The molecule has 1 fully saturated rings. The maximum Gasteiger partial charge on any atom is 0.434 e. The Morgan fingerprint density at radius 1 is 1.37 bits per heavy atom. The number of hydrogen-bond donors (Lipinski definition) is 1. The van der Waals surface area contributed by atoms with E-state index in [1.165, 1.54) is 19.3 Å². The minimum absolute atomic E-state index is 0.216. The highest BCUT2D eigenvalue weighted by Gasteiger charge is 2.26. The topological polar surface area (TPSA) is 67.9 Å². The van der Waals surface area contributed by atoms with E-state index in [4.69, 9.17) is 9.05 Å². The molecule has 2 unspecified atom stereocenters. The molecular formula is C12H25N2O4P. The summed E-state index contributed by atoms with van der Waals surface area (Å²) in [7, 11) is -3.48. The highest BCUT2D eigenvalue weighted by atomic mass is 31.2. The third-order valence-corrected chi connectivity index (χ3v) is 4.79. The van der Waals surface area contributed by atoms with E-state index in [9.17, 15) is 9.36 Å². The van der Waals surface area contributed by atoms with Crippen LogP contribution in [-0.4, -0.2) is 43.7 Å². The summed E-state index contributed by atoms with van der Waals surface area (Å²) in [6, 6.07) is 0. The molecule has 1 rings (SSSR count). The number of carbonyl (C=O) groups excluding carboxylic acids is 1. The van der Waals surface area contributed by atoms with Gasteiger partial charge in [0, 0.05) is 6.54 Å². The zero-order valence-corrected chi connectivity index (χ0v) is 12.7. The van der Waals surface area contributed by atoms with Gasteiger partial charge >= 0.3 is 7.75 Å². The molecule has 0 radical (unpaired) electrons. The van der Waals surface area contributed by atoms with Crippen molar-refractivity contribution in [3.05, 3.63) is 0 Å². The normalized spacial score (nSPS) is 21.6. The number of nitrogens with one attached hydrogen (secondary N) is 1. The van der Waals surface area contributed by atoms with E-state index in [1.54, 1.807) is 6.92 Å². The molecule has 1 amide bonds. The average Bonchev–Trinajstić information content (AvgIpc) is 2.38. The molecule has 1 aliphatic heterocycles. The van der Waals surface area contributed by atoms with Crippen molar-refractivity contribution in [3.8, 4) is 0 Å². The lowest BCUT2D eigenvalue weighted by atomic mass is 10.1. The molecule has 1 heterocycles. The minimum atomic E-state index is -3.48. The first-order chi connectivity index (χ1) is 9.09. The highest BCUT2D eigenvalue weighted by molar-refractivity contribution is 7.52. The van der Waals surface area contributed by atoms with E-state index in [1.807, 2.05) is 6.92 Å². The van der Waals surface area contributed by atoms with Crippen LogP contribution in [0.25, 0.3) is 0 Å². The first-order valence-corrected chi connectivity index (χ1v) is 8.50. The Bertz CT molecular complexity index is 308. The lowest BCUT2D eigenvalue weighted by molar-refractivity contribution is -0.108. The summed E-state index contributed by atoms with van der Waals surface area (Å²) in [6.45, 7) is 6.97. The van der Waals surface area contributed by atoms with Gasteiger partial charge in [-0.1, -0.05) is 6.42 Å². The Hall–Kier alpha value is -0.420. The predicted octanol–water partition coefficient (Wildman–Crippen LogP) is 2.16. The van der Waals surface area contributed by atoms with E-state index < -0.39 is 7.75 Å². The number of hydrogen-bond acceptors (Lipinski definition) is 5. The molecule has 19 heavy (non-hydrogen) atoms. The van der Waals surface area contributed by atoms with Crippen molar-refractivity contribution in [3.63, 3.8) is 0 Å². The molecule has 0 aromatic heterocycles. The van der Waals surface area contributed by atoms with Crippen molar-refractivity contribution in [2.75, 3.05) is 26.2 Å². The molecule has 112 valence electrons. The van der Waals surface area contributed by atoms with Crippen LogP contribution in [0.5, 0.6) is 0 Å². The number of amides is 1. The molecule has 0 saturated carbocycles. The molecule has 0 bridgehead atoms. The predicted molar refractivity (Wildman–Crippen MR) is 73.9 cm³/mol. The van der Waals surface area contributed by atoms with E-state index in [2.05, 4.69) is 9.99 Å². The maximum absolute atomic E-state index is 12.1. The van der Waals surface area contributed by atoms with Crippen molar-refractivity contribution < 1.29 is 18.4 Å². The van der Waals surface area contributed by atoms with Crippen molar-refractivity contribution in [1.29, 1.82) is 0 Å². The van der Waals surface area contributed by atoms with Gasteiger partial charge in [0.25, 0.3) is 0 Å². The van der Waals surface area contributed by atoms with E-state index in [-0.39, 0.29) is 12.7 Å². The fourth-order valence-corrected chi connectivity index (χ4v) is 3.41. The van der Waals surface area contributed by atoms with Gasteiger partial charge in [0.1, 0.15) is 0 Å². The molecule has 6 nitrogen and oxygen atoms in total. The largest absolute Gasteiger partial charge is 0.434 e. The van der Waals surface area contributed by atoms with Crippen LogP contribution in [0.15, 0.2) is 0 Å². The Balaban J connectivity index is 2.32. The van der Waals surface area contributed by atoms with Gasteiger partial charge in [-0.05, 0) is 46.2 Å². The van der Waals surface area contributed by atoms with E-state index in [0.717, 1.165) is 26.1 Å². The summed E-state index contributed by atoms with van der Waals surface area (Å²) in [5.41, 5.74) is 0. The summed E-state index contributed by atoms with van der Waals surface area (Å²) in [4.78, 5) is 12.8. The SMILES string of the molecule is CCOP(=O)(NC=O)OC(C)CCN1CCCCC1. The zero-order chi connectivity index (χ0) is 14.1. The number of piperidine rings is 1. The van der Waals surface area contributed by atoms with Crippen LogP contribution in [-0.2, 0) is 18.4 Å². The maximum atomic E-state index is 12.1. The Morgan fingerprint density at radius 2 is 2.05 bits per heavy atom. The van der Waals surface area contributed by atoms with Crippen LogP contribution >= 0.6 is 7.75 Å². The first-order valence-electron chi connectivity index (χ1n) is 6.96. The van der Waals surface area contributed by atoms with E-state index >= 15 is 0 Å². The standard InChI is InChI=1S/C12H25N2O4P/c1-3-17-19(16,13-11-15)18-12(2)7-10-14-8-5-4-6-9-14/h11-12H,3-10H2,1-2H3,(H,13,15,16).